The van der Waals surface area contributed by atoms with E-state index in [1.165, 1.54) is 6.07 Å². The molecule has 8 nitrogen and oxygen atoms in total. The van der Waals surface area contributed by atoms with Crippen LogP contribution < -0.4 is 16.8 Å². The van der Waals surface area contributed by atoms with Crippen molar-refractivity contribution in [2.24, 2.45) is 11.5 Å². The Balaban J connectivity index is 1.46. The minimum absolute atomic E-state index is 0.00310. The Hall–Kier alpha value is -3.88. The molecule has 0 radical (unpaired) electrons. The molecule has 160 valence electrons. The van der Waals surface area contributed by atoms with Crippen molar-refractivity contribution in [1.29, 1.82) is 10.8 Å². The van der Waals surface area contributed by atoms with Crippen LogP contribution in [0.1, 0.15) is 33.5 Å². The minimum atomic E-state index is -0.457. The van der Waals surface area contributed by atoms with Gasteiger partial charge >= 0.3 is 0 Å². The fraction of sp³-hybridized carbons (Fsp3) is 0.227. The summed E-state index contributed by atoms with van der Waals surface area (Å²) in [4.78, 5) is 16.1. The molecule has 0 fully saturated rings. The smallest absolute Gasteiger partial charge is 0.255 e. The largest absolute Gasteiger partial charge is 0.370 e. The van der Waals surface area contributed by atoms with E-state index in [-0.39, 0.29) is 17.5 Å². The van der Waals surface area contributed by atoms with E-state index in [9.17, 15) is 9.18 Å². The number of nitrogens with one attached hydrogen (secondary N) is 3. The predicted molar refractivity (Wildman–Crippen MR) is 118 cm³/mol. The molecule has 2 aromatic rings. The van der Waals surface area contributed by atoms with E-state index in [4.69, 9.17) is 22.3 Å². The number of hydrogen-bond donors (Lipinski definition) is 5. The number of amides is 1. The van der Waals surface area contributed by atoms with Crippen molar-refractivity contribution in [1.82, 2.24) is 9.80 Å². The molecule has 2 aliphatic heterocycles. The molecular formula is C22H24FN7O. The van der Waals surface area contributed by atoms with Gasteiger partial charge in [0.05, 0.1) is 0 Å². The van der Waals surface area contributed by atoms with Gasteiger partial charge in [0.15, 0.2) is 11.9 Å². The molecule has 0 aliphatic carbocycles. The molecule has 9 heteroatoms. The molecule has 1 amide bonds. The number of carbonyl (C=O) groups excluding carboxylic acids is 1. The topological polar surface area (TPSA) is 135 Å². The van der Waals surface area contributed by atoms with Crippen molar-refractivity contribution in [2.45, 2.75) is 19.5 Å². The molecule has 7 N–H and O–H groups in total. The van der Waals surface area contributed by atoms with E-state index in [1.807, 2.05) is 18.2 Å². The lowest BCUT2D eigenvalue weighted by molar-refractivity contribution is 0.102. The summed E-state index contributed by atoms with van der Waals surface area (Å²) in [7, 11) is 0. The van der Waals surface area contributed by atoms with Gasteiger partial charge in [-0.3, -0.25) is 15.6 Å². The summed E-state index contributed by atoms with van der Waals surface area (Å²) in [6, 6.07) is 10.0. The maximum atomic E-state index is 14.7. The van der Waals surface area contributed by atoms with Crippen molar-refractivity contribution in [3.05, 3.63) is 70.5 Å². The van der Waals surface area contributed by atoms with Crippen LogP contribution in [0.25, 0.3) is 5.57 Å². The lowest BCUT2D eigenvalue weighted by Gasteiger charge is -2.26. The van der Waals surface area contributed by atoms with Crippen LogP contribution in [-0.2, 0) is 13.1 Å². The van der Waals surface area contributed by atoms with Crippen LogP contribution in [-0.4, -0.2) is 40.7 Å². The highest BCUT2D eigenvalue weighted by Crippen LogP contribution is 2.27. The van der Waals surface area contributed by atoms with Gasteiger partial charge in [-0.2, -0.15) is 0 Å². The van der Waals surface area contributed by atoms with Gasteiger partial charge in [-0.15, -0.1) is 0 Å². The van der Waals surface area contributed by atoms with Gasteiger partial charge in [-0.1, -0.05) is 18.2 Å². The Kier molecular flexibility index (Phi) is 5.33. The third-order valence-corrected chi connectivity index (χ3v) is 5.65. The second-order valence-corrected chi connectivity index (χ2v) is 7.68. The van der Waals surface area contributed by atoms with Crippen LogP contribution in [0.2, 0.25) is 0 Å². The first-order valence-corrected chi connectivity index (χ1v) is 9.92. The number of halogens is 1. The van der Waals surface area contributed by atoms with Crippen LogP contribution in [0.4, 0.5) is 10.1 Å². The summed E-state index contributed by atoms with van der Waals surface area (Å²) >= 11 is 0. The standard InChI is InChI=1S/C22H24FN7O/c23-19-10-14(2-4-18(19)13-5-7-29(8-6-13)21(24)25)20(31)28-17-3-1-15-11-30(22(26)27)12-16(15)9-17/h1-5,9-10H,6-8,11-12H2,(H3,24,25)(H3,26,27)(H,28,31). The number of nitrogens with two attached hydrogens (primary N) is 2. The molecule has 0 spiro atoms. The number of guanidine groups is 2. The van der Waals surface area contributed by atoms with Gasteiger partial charge in [-0.25, -0.2) is 4.39 Å². The summed E-state index contributed by atoms with van der Waals surface area (Å²) < 4.78 is 14.7. The average Bonchev–Trinajstić information content (AvgIpc) is 3.17. The summed E-state index contributed by atoms with van der Waals surface area (Å²) in [6.07, 6.45) is 2.44. The second kappa shape index (κ2) is 8.10. The molecule has 2 aliphatic rings. The number of anilines is 1. The first kappa shape index (κ1) is 20.4. The first-order chi connectivity index (χ1) is 14.8. The Morgan fingerprint density at radius 3 is 2.39 bits per heavy atom. The van der Waals surface area contributed by atoms with E-state index >= 15 is 0 Å². The Morgan fingerprint density at radius 2 is 1.74 bits per heavy atom. The van der Waals surface area contributed by atoms with Crippen molar-refractivity contribution < 1.29 is 9.18 Å². The molecule has 0 saturated carbocycles. The number of rotatable bonds is 3. The Morgan fingerprint density at radius 1 is 1.00 bits per heavy atom. The molecule has 0 bridgehead atoms. The number of hydrogen-bond acceptors (Lipinski definition) is 3. The lowest BCUT2D eigenvalue weighted by Crippen LogP contribution is -2.39. The van der Waals surface area contributed by atoms with E-state index in [0.717, 1.165) is 16.7 Å². The summed E-state index contributed by atoms with van der Waals surface area (Å²) in [5, 5.41) is 17.8. The fourth-order valence-corrected chi connectivity index (χ4v) is 3.90. The average molecular weight is 421 g/mol. The Labute approximate surface area is 179 Å². The van der Waals surface area contributed by atoms with Gasteiger partial charge in [0, 0.05) is 43.0 Å². The zero-order valence-corrected chi connectivity index (χ0v) is 16.9. The minimum Gasteiger partial charge on any atom is -0.370 e. The van der Waals surface area contributed by atoms with E-state index < -0.39 is 11.7 Å². The van der Waals surface area contributed by atoms with E-state index in [1.54, 1.807) is 28.0 Å². The SMILES string of the molecule is N=C(N)N1CC=C(c2ccc(C(=O)Nc3ccc4c(c3)CN(C(=N)N)C4)cc2F)CC1. The quantitative estimate of drug-likeness (QED) is 0.383. The van der Waals surface area contributed by atoms with Gasteiger partial charge in [0.2, 0.25) is 0 Å². The molecule has 0 unspecified atom stereocenters. The van der Waals surface area contributed by atoms with Crippen LogP contribution in [0.5, 0.6) is 0 Å². The third-order valence-electron chi connectivity index (χ3n) is 5.65. The van der Waals surface area contributed by atoms with Gasteiger partial charge in [0.25, 0.3) is 5.91 Å². The van der Waals surface area contributed by atoms with Gasteiger partial charge in [0.1, 0.15) is 5.82 Å². The Bertz CT molecular complexity index is 1110. The third kappa shape index (κ3) is 4.20. The molecule has 0 saturated heterocycles. The van der Waals surface area contributed by atoms with E-state index in [2.05, 4.69) is 5.32 Å². The lowest BCUT2D eigenvalue weighted by atomic mass is 9.97. The fourth-order valence-electron chi connectivity index (χ4n) is 3.90. The highest BCUT2D eigenvalue weighted by Gasteiger charge is 2.21. The van der Waals surface area contributed by atoms with Crippen molar-refractivity contribution in [3.8, 4) is 0 Å². The molecule has 0 atom stereocenters. The van der Waals surface area contributed by atoms with Gasteiger partial charge in [-0.05, 0) is 47.4 Å². The number of fused-ring (bicyclic) bond motifs is 1. The number of nitrogens with zero attached hydrogens (tertiary/aromatic N) is 2. The molecule has 31 heavy (non-hydrogen) atoms. The molecule has 2 aromatic carbocycles. The highest BCUT2D eigenvalue weighted by atomic mass is 19.1. The maximum Gasteiger partial charge on any atom is 0.255 e. The van der Waals surface area contributed by atoms with Crippen LogP contribution in [0.3, 0.4) is 0 Å². The monoisotopic (exact) mass is 421 g/mol. The number of benzene rings is 2. The molecule has 4 rings (SSSR count). The molecule has 0 aromatic heterocycles. The summed E-state index contributed by atoms with van der Waals surface area (Å²) in [6.45, 7) is 2.12. The van der Waals surface area contributed by atoms with Crippen molar-refractivity contribution in [3.63, 3.8) is 0 Å². The highest BCUT2D eigenvalue weighted by molar-refractivity contribution is 6.04. The van der Waals surface area contributed by atoms with Crippen LogP contribution in [0.15, 0.2) is 42.5 Å². The van der Waals surface area contributed by atoms with Crippen LogP contribution in [0, 0.1) is 16.6 Å². The molecular weight excluding hydrogens is 397 g/mol. The van der Waals surface area contributed by atoms with Crippen molar-refractivity contribution in [2.75, 3.05) is 18.4 Å². The number of carbonyl (C=O) groups is 1. The zero-order chi connectivity index (χ0) is 22.1. The second-order valence-electron chi connectivity index (χ2n) is 7.68. The molecule has 2 heterocycles. The summed E-state index contributed by atoms with van der Waals surface area (Å²) in [5.41, 5.74) is 15.3. The normalized spacial score (nSPS) is 15.3. The zero-order valence-electron chi connectivity index (χ0n) is 16.9. The van der Waals surface area contributed by atoms with E-state index in [0.29, 0.717) is 43.9 Å². The van der Waals surface area contributed by atoms with Crippen molar-refractivity contribution >= 4 is 29.1 Å². The maximum absolute atomic E-state index is 14.7. The van der Waals surface area contributed by atoms with Crippen LogP contribution >= 0.6 is 0 Å². The summed E-state index contributed by atoms with van der Waals surface area (Å²) in [5.74, 6) is -0.837. The predicted octanol–water partition coefficient (Wildman–Crippen LogP) is 2.27. The first-order valence-electron chi connectivity index (χ1n) is 9.92. The van der Waals surface area contributed by atoms with Gasteiger partial charge < -0.3 is 26.6 Å².